The van der Waals surface area contributed by atoms with Crippen LogP contribution in [0.4, 0.5) is 23.0 Å². The first-order valence-corrected chi connectivity index (χ1v) is 14.2. The molecule has 4 aromatic rings. The van der Waals surface area contributed by atoms with Gasteiger partial charge in [0.2, 0.25) is 5.95 Å². The first-order valence-electron chi connectivity index (χ1n) is 14.2. The van der Waals surface area contributed by atoms with Gasteiger partial charge in [-0.2, -0.15) is 0 Å². The number of likely N-dealkylation sites (tertiary alicyclic amines) is 1. The van der Waals surface area contributed by atoms with Crippen LogP contribution in [0, 0.1) is 10.1 Å². The summed E-state index contributed by atoms with van der Waals surface area (Å²) in [5.74, 6) is -0.00542. The number of rotatable bonds is 10. The number of fused-ring (bicyclic) bond motifs is 1. The van der Waals surface area contributed by atoms with Gasteiger partial charge in [-0.05, 0) is 46.3 Å². The number of para-hydroxylation sites is 1. The zero-order valence-corrected chi connectivity index (χ0v) is 25.3. The van der Waals surface area contributed by atoms with Gasteiger partial charge in [0.1, 0.15) is 17.0 Å². The molecule has 0 spiro atoms. The lowest BCUT2D eigenvalue weighted by Crippen LogP contribution is -2.36. The summed E-state index contributed by atoms with van der Waals surface area (Å²) in [7, 11) is 7.36. The predicted molar refractivity (Wildman–Crippen MR) is 173 cm³/mol. The minimum atomic E-state index is -0.544. The van der Waals surface area contributed by atoms with Crippen molar-refractivity contribution < 1.29 is 19.2 Å². The summed E-state index contributed by atoms with van der Waals surface area (Å²) in [6, 6.07) is 11.2. The van der Waals surface area contributed by atoms with Gasteiger partial charge in [-0.25, -0.2) is 14.8 Å². The molecule has 1 N–H and O–H groups in total. The fourth-order valence-corrected chi connectivity index (χ4v) is 5.63. The summed E-state index contributed by atoms with van der Waals surface area (Å²) in [5.41, 5.74) is 2.99. The smallest absolute Gasteiger partial charge is 0.342 e. The highest BCUT2D eigenvalue weighted by Crippen LogP contribution is 2.40. The molecular weight excluding hydrogens is 562 g/mol. The van der Waals surface area contributed by atoms with E-state index in [2.05, 4.69) is 22.2 Å². The van der Waals surface area contributed by atoms with E-state index in [1.807, 2.05) is 54.0 Å². The first kappa shape index (κ1) is 32.2. The third-order valence-electron chi connectivity index (χ3n) is 7.81. The molecule has 0 unspecified atom stereocenters. The average molecular weight is 604 g/mol. The van der Waals surface area contributed by atoms with E-state index in [-0.39, 0.29) is 30.7 Å². The van der Waals surface area contributed by atoms with Crippen LogP contribution >= 0.6 is 0 Å². The van der Waals surface area contributed by atoms with Crippen molar-refractivity contribution in [3.05, 3.63) is 64.5 Å². The molecule has 12 nitrogen and oxygen atoms in total. The Bertz CT molecular complexity index is 1670. The summed E-state index contributed by atoms with van der Waals surface area (Å²) >= 11 is 0. The second-order valence-corrected chi connectivity index (χ2v) is 11.2. The number of aryl methyl sites for hydroxylation is 1. The molecule has 44 heavy (non-hydrogen) atoms. The molecule has 1 saturated heterocycles. The molecule has 12 heteroatoms. The minimum Gasteiger partial charge on any atom is -0.494 e. The number of ether oxygens (including phenoxy) is 2. The van der Waals surface area contributed by atoms with E-state index in [0.29, 0.717) is 35.4 Å². The number of hydrogen-bond donors (Lipinski definition) is 1. The number of nitrogens with one attached hydrogen (secondary N) is 1. The van der Waals surface area contributed by atoms with Crippen LogP contribution in [0.5, 0.6) is 5.75 Å². The molecule has 1 atom stereocenters. The highest BCUT2D eigenvalue weighted by molar-refractivity contribution is 6.03. The maximum absolute atomic E-state index is 13.1. The van der Waals surface area contributed by atoms with Crippen molar-refractivity contribution in [3.63, 3.8) is 0 Å². The zero-order valence-electron chi connectivity index (χ0n) is 25.3. The number of carbonyl (C=O) groups excluding carboxylic acids is 1. The lowest BCUT2D eigenvalue weighted by molar-refractivity contribution is -0.384. The SMILES string of the molecule is C.COc1cc(N(C)C[C@H]2CCCN2C)c([N+](=O)[O-])cc1Nc1ncc(C(=O)OC(C)C)c(-c2cn(C)c3ccccc23)n1. The summed E-state index contributed by atoms with van der Waals surface area (Å²) in [4.78, 5) is 38.2. The molecule has 0 bridgehead atoms. The van der Waals surface area contributed by atoms with E-state index < -0.39 is 10.9 Å². The Kier molecular flexibility index (Phi) is 9.73. The lowest BCUT2D eigenvalue weighted by Gasteiger charge is -2.27. The van der Waals surface area contributed by atoms with Crippen LogP contribution in [0.2, 0.25) is 0 Å². The van der Waals surface area contributed by atoms with Crippen molar-refractivity contribution in [1.29, 1.82) is 0 Å². The Morgan fingerprint density at radius 3 is 2.66 bits per heavy atom. The van der Waals surface area contributed by atoms with Crippen LogP contribution in [-0.2, 0) is 11.8 Å². The van der Waals surface area contributed by atoms with Crippen molar-refractivity contribution in [2.45, 2.75) is 46.3 Å². The summed E-state index contributed by atoms with van der Waals surface area (Å²) in [5, 5.41) is 16.2. The van der Waals surface area contributed by atoms with Crippen molar-refractivity contribution in [3.8, 4) is 17.0 Å². The van der Waals surface area contributed by atoms with E-state index >= 15 is 0 Å². The molecule has 234 valence electrons. The molecule has 2 aromatic carbocycles. The van der Waals surface area contributed by atoms with Gasteiger partial charge in [-0.1, -0.05) is 25.6 Å². The van der Waals surface area contributed by atoms with Crippen molar-refractivity contribution in [2.24, 2.45) is 7.05 Å². The number of nitrogens with zero attached hydrogens (tertiary/aromatic N) is 6. The Morgan fingerprint density at radius 2 is 2.00 bits per heavy atom. The number of benzene rings is 2. The van der Waals surface area contributed by atoms with Crippen molar-refractivity contribution >= 4 is 39.9 Å². The fraction of sp³-hybridized carbons (Fsp3) is 0.406. The second kappa shape index (κ2) is 13.3. The Hall–Kier alpha value is -4.71. The number of nitro benzene ring substituents is 1. The number of likely N-dealkylation sites (N-methyl/N-ethyl adjacent to an activating group) is 2. The van der Waals surface area contributed by atoms with Crippen LogP contribution in [-0.4, -0.2) is 76.8 Å². The van der Waals surface area contributed by atoms with Crippen molar-refractivity contribution in [2.75, 3.05) is 44.5 Å². The Morgan fingerprint density at radius 1 is 1.25 bits per heavy atom. The minimum absolute atomic E-state index is 0. The third kappa shape index (κ3) is 6.45. The van der Waals surface area contributed by atoms with Crippen LogP contribution in [0.15, 0.2) is 48.8 Å². The lowest BCUT2D eigenvalue weighted by atomic mass is 10.1. The van der Waals surface area contributed by atoms with Gasteiger partial charge in [0.25, 0.3) is 5.69 Å². The van der Waals surface area contributed by atoms with Crippen LogP contribution in [0.3, 0.4) is 0 Å². The fourth-order valence-electron chi connectivity index (χ4n) is 5.63. The molecule has 2 aromatic heterocycles. The maximum atomic E-state index is 13.1. The summed E-state index contributed by atoms with van der Waals surface area (Å²) < 4.78 is 13.1. The van der Waals surface area contributed by atoms with E-state index in [9.17, 15) is 14.9 Å². The average Bonchev–Trinajstić information content (AvgIpc) is 3.54. The van der Waals surface area contributed by atoms with Crippen LogP contribution in [0.25, 0.3) is 22.2 Å². The summed E-state index contributed by atoms with van der Waals surface area (Å²) in [6.07, 6.45) is 5.14. The largest absolute Gasteiger partial charge is 0.494 e. The number of nitro groups is 1. The monoisotopic (exact) mass is 603 g/mol. The van der Waals surface area contributed by atoms with E-state index in [1.165, 1.54) is 19.4 Å². The van der Waals surface area contributed by atoms with Gasteiger partial charge in [0, 0.05) is 67.7 Å². The van der Waals surface area contributed by atoms with E-state index in [4.69, 9.17) is 14.5 Å². The molecule has 0 radical (unpaired) electrons. The highest BCUT2D eigenvalue weighted by atomic mass is 16.6. The summed E-state index contributed by atoms with van der Waals surface area (Å²) in [6.45, 7) is 5.22. The number of methoxy groups -OCH3 is 1. The number of esters is 1. The molecule has 5 rings (SSSR count). The van der Waals surface area contributed by atoms with Gasteiger partial charge < -0.3 is 29.2 Å². The predicted octanol–water partition coefficient (Wildman–Crippen LogP) is 6.03. The third-order valence-corrected chi connectivity index (χ3v) is 7.81. The molecule has 0 saturated carbocycles. The van der Waals surface area contributed by atoms with Gasteiger partial charge in [-0.15, -0.1) is 0 Å². The second-order valence-electron chi connectivity index (χ2n) is 11.2. The molecule has 1 aliphatic rings. The van der Waals surface area contributed by atoms with Gasteiger partial charge in [-0.3, -0.25) is 10.1 Å². The number of aromatic nitrogens is 3. The van der Waals surface area contributed by atoms with Crippen molar-refractivity contribution in [1.82, 2.24) is 19.4 Å². The van der Waals surface area contributed by atoms with Gasteiger partial charge in [0.15, 0.2) is 0 Å². The molecule has 1 fully saturated rings. The standard InChI is InChI=1S/C31H37N7O5.CH4/c1-19(2)43-30(39)22-16-32-31(34-29(22)23-18-37(5)25-12-8-7-11-21(23)25)33-24-14-27(38(40)41)26(15-28(24)42-6)36(4)17-20-10-9-13-35(20)3;/h7-8,11-12,14-16,18-20H,9-10,13,17H2,1-6H3,(H,32,33,34);1H4/t20-;/m1./s1. The molecular formula is C32H41N7O5. The van der Waals surface area contributed by atoms with E-state index in [0.717, 1.165) is 35.9 Å². The van der Waals surface area contributed by atoms with Gasteiger partial charge in [0.05, 0.1) is 29.5 Å². The molecule has 0 amide bonds. The Labute approximate surface area is 257 Å². The van der Waals surface area contributed by atoms with Gasteiger partial charge >= 0.3 is 5.97 Å². The Balaban J connectivity index is 0.00000442. The number of hydrogen-bond acceptors (Lipinski definition) is 10. The number of carbonyl (C=O) groups is 1. The number of anilines is 3. The molecule has 0 aliphatic carbocycles. The quantitative estimate of drug-likeness (QED) is 0.130. The first-order chi connectivity index (χ1) is 20.6. The molecule has 1 aliphatic heterocycles. The zero-order chi connectivity index (χ0) is 30.8. The van der Waals surface area contributed by atoms with Crippen LogP contribution in [0.1, 0.15) is 44.5 Å². The normalized spacial score (nSPS) is 14.8. The van der Waals surface area contributed by atoms with E-state index in [1.54, 1.807) is 19.9 Å². The highest BCUT2D eigenvalue weighted by Gasteiger charge is 2.28. The molecule has 3 heterocycles. The maximum Gasteiger partial charge on any atom is 0.342 e. The van der Waals surface area contributed by atoms with Crippen LogP contribution < -0.4 is 15.0 Å². The topological polar surface area (TPSA) is 128 Å².